The molecule has 4 aromatic rings. The Hall–Kier alpha value is -3.45. The number of piperidine rings is 1. The van der Waals surface area contributed by atoms with Gasteiger partial charge >= 0.3 is 0 Å². The number of aliphatic hydroxyl groups is 1. The second kappa shape index (κ2) is 7.18. The first kappa shape index (κ1) is 17.6. The van der Waals surface area contributed by atoms with Crippen LogP contribution in [0, 0.1) is 0 Å². The number of para-hydroxylation sites is 3. The number of hydrogen-bond donors (Lipinski definition) is 2. The lowest BCUT2D eigenvalue weighted by Gasteiger charge is -2.36. The fourth-order valence-corrected chi connectivity index (χ4v) is 3.72. The van der Waals surface area contributed by atoms with Crippen molar-refractivity contribution in [1.29, 1.82) is 0 Å². The minimum atomic E-state index is -0.631. The van der Waals surface area contributed by atoms with E-state index in [9.17, 15) is 9.90 Å². The van der Waals surface area contributed by atoms with Crippen molar-refractivity contribution in [3.63, 3.8) is 0 Å². The summed E-state index contributed by atoms with van der Waals surface area (Å²) < 4.78 is 5.64. The van der Waals surface area contributed by atoms with Gasteiger partial charge in [-0.3, -0.25) is 9.78 Å². The molecular weight excluding hydrogens is 368 g/mol. The molecular formula is C22H20N4O3. The number of carbonyl (C=O) groups is 1. The van der Waals surface area contributed by atoms with Crippen molar-refractivity contribution >= 4 is 33.7 Å². The molecule has 1 aliphatic rings. The van der Waals surface area contributed by atoms with Crippen LogP contribution in [0.4, 0.5) is 5.82 Å². The largest absolute Gasteiger partial charge is 0.451 e. The van der Waals surface area contributed by atoms with E-state index in [1.807, 2.05) is 53.4 Å². The van der Waals surface area contributed by atoms with Crippen molar-refractivity contribution in [2.24, 2.45) is 0 Å². The normalized spacial score (nSPS) is 19.6. The van der Waals surface area contributed by atoms with E-state index in [4.69, 9.17) is 4.42 Å². The molecule has 3 heterocycles. The maximum atomic E-state index is 12.7. The number of carbonyl (C=O) groups excluding carboxylic acids is 1. The number of nitrogens with zero attached hydrogens (tertiary/aromatic N) is 3. The Morgan fingerprint density at radius 2 is 1.93 bits per heavy atom. The first-order valence-corrected chi connectivity index (χ1v) is 9.61. The summed E-state index contributed by atoms with van der Waals surface area (Å²) in [5, 5.41) is 14.2. The molecule has 0 aliphatic carbocycles. The lowest BCUT2D eigenvalue weighted by atomic mass is 10.0. The molecule has 7 heteroatoms. The van der Waals surface area contributed by atoms with Crippen molar-refractivity contribution in [3.05, 3.63) is 66.6 Å². The van der Waals surface area contributed by atoms with Gasteiger partial charge in [-0.25, -0.2) is 4.98 Å². The summed E-state index contributed by atoms with van der Waals surface area (Å²) in [7, 11) is 0. The first-order chi connectivity index (χ1) is 14.2. The smallest absolute Gasteiger partial charge is 0.287 e. The highest BCUT2D eigenvalue weighted by molar-refractivity contribution is 5.96. The van der Waals surface area contributed by atoms with E-state index in [-0.39, 0.29) is 11.7 Å². The Bertz CT molecular complexity index is 1160. The van der Waals surface area contributed by atoms with Gasteiger partial charge in [0.15, 0.2) is 5.76 Å². The summed E-state index contributed by atoms with van der Waals surface area (Å²) in [5.74, 6) is 0.635. The predicted molar refractivity (Wildman–Crippen MR) is 110 cm³/mol. The monoisotopic (exact) mass is 388 g/mol. The molecule has 2 aromatic carbocycles. The highest BCUT2D eigenvalue weighted by Crippen LogP contribution is 2.22. The average Bonchev–Trinajstić information content (AvgIpc) is 3.19. The van der Waals surface area contributed by atoms with Crippen molar-refractivity contribution in [1.82, 2.24) is 15.3 Å². The van der Waals surface area contributed by atoms with Crippen LogP contribution in [0.1, 0.15) is 17.0 Å². The number of aliphatic hydroxyl groups excluding tert-OH is 1. The van der Waals surface area contributed by atoms with Crippen LogP contribution in [-0.4, -0.2) is 46.2 Å². The molecule has 0 radical (unpaired) electrons. The summed E-state index contributed by atoms with van der Waals surface area (Å²) >= 11 is 0. The standard InChI is InChI=1S/C22H20N4O3/c27-18-9-10-26(21-12-23-15-6-2-3-7-16(15)24-21)13-17(18)25-22(28)20-11-14-5-1-4-8-19(14)29-20/h1-8,11-12,17-18,27H,9-10,13H2,(H,25,28)/t17-,18+/m1/s1. The second-order valence-electron chi connectivity index (χ2n) is 7.25. The van der Waals surface area contributed by atoms with Gasteiger partial charge in [0.1, 0.15) is 11.4 Å². The summed E-state index contributed by atoms with van der Waals surface area (Å²) in [6, 6.07) is 16.5. The molecule has 1 fully saturated rings. The molecule has 29 heavy (non-hydrogen) atoms. The third-order valence-corrected chi connectivity index (χ3v) is 5.30. The van der Waals surface area contributed by atoms with Gasteiger partial charge in [0, 0.05) is 18.5 Å². The number of rotatable bonds is 3. The first-order valence-electron chi connectivity index (χ1n) is 9.61. The molecule has 1 aliphatic heterocycles. The minimum Gasteiger partial charge on any atom is -0.451 e. The summed E-state index contributed by atoms with van der Waals surface area (Å²) in [6.07, 6.45) is 1.63. The molecule has 0 saturated carbocycles. The van der Waals surface area contributed by atoms with Gasteiger partial charge in [0.25, 0.3) is 5.91 Å². The lowest BCUT2D eigenvalue weighted by Crippen LogP contribution is -2.55. The van der Waals surface area contributed by atoms with Crippen molar-refractivity contribution in [2.45, 2.75) is 18.6 Å². The van der Waals surface area contributed by atoms with Crippen LogP contribution in [0.3, 0.4) is 0 Å². The van der Waals surface area contributed by atoms with Crippen LogP contribution in [-0.2, 0) is 0 Å². The fraction of sp³-hybridized carbons (Fsp3) is 0.227. The van der Waals surface area contributed by atoms with Gasteiger partial charge < -0.3 is 19.7 Å². The summed E-state index contributed by atoms with van der Waals surface area (Å²) in [6.45, 7) is 1.09. The number of aromatic nitrogens is 2. The Balaban J connectivity index is 1.34. The topological polar surface area (TPSA) is 91.5 Å². The lowest BCUT2D eigenvalue weighted by molar-refractivity contribution is 0.0764. The Morgan fingerprint density at radius 3 is 2.79 bits per heavy atom. The van der Waals surface area contributed by atoms with Crippen LogP contribution < -0.4 is 10.2 Å². The SMILES string of the molecule is O=C(N[C@@H]1CN(c2cnc3ccccc3n2)CC[C@@H]1O)c1cc2ccccc2o1. The minimum absolute atomic E-state index is 0.237. The van der Waals surface area contributed by atoms with E-state index >= 15 is 0 Å². The number of benzene rings is 2. The van der Waals surface area contributed by atoms with E-state index in [2.05, 4.69) is 15.3 Å². The van der Waals surface area contributed by atoms with Crippen molar-refractivity contribution in [2.75, 3.05) is 18.0 Å². The predicted octanol–water partition coefficient (Wildman–Crippen LogP) is 2.75. The molecule has 0 unspecified atom stereocenters. The molecule has 0 bridgehead atoms. The Labute approximate surface area is 167 Å². The fourth-order valence-electron chi connectivity index (χ4n) is 3.72. The zero-order chi connectivity index (χ0) is 19.8. The quantitative estimate of drug-likeness (QED) is 0.561. The zero-order valence-corrected chi connectivity index (χ0v) is 15.7. The number of furan rings is 1. The van der Waals surface area contributed by atoms with Crippen molar-refractivity contribution in [3.8, 4) is 0 Å². The number of hydrogen-bond acceptors (Lipinski definition) is 6. The third kappa shape index (κ3) is 3.40. The Kier molecular flexibility index (Phi) is 4.37. The van der Waals surface area contributed by atoms with Gasteiger partial charge in [0.05, 0.1) is 29.4 Å². The zero-order valence-electron chi connectivity index (χ0n) is 15.7. The average molecular weight is 388 g/mol. The molecule has 1 saturated heterocycles. The van der Waals surface area contributed by atoms with Gasteiger partial charge in [-0.05, 0) is 30.7 Å². The van der Waals surface area contributed by atoms with E-state index in [1.54, 1.807) is 12.3 Å². The van der Waals surface area contributed by atoms with E-state index in [0.29, 0.717) is 25.1 Å². The van der Waals surface area contributed by atoms with Crippen molar-refractivity contribution < 1.29 is 14.3 Å². The van der Waals surface area contributed by atoms with Gasteiger partial charge in [-0.2, -0.15) is 0 Å². The number of fused-ring (bicyclic) bond motifs is 2. The maximum absolute atomic E-state index is 12.7. The van der Waals surface area contributed by atoms with Crippen LogP contribution in [0.2, 0.25) is 0 Å². The molecule has 7 nitrogen and oxygen atoms in total. The second-order valence-corrected chi connectivity index (χ2v) is 7.25. The van der Waals surface area contributed by atoms with E-state index < -0.39 is 12.1 Å². The number of anilines is 1. The summed E-state index contributed by atoms with van der Waals surface area (Å²) in [5.41, 5.74) is 2.32. The van der Waals surface area contributed by atoms with Gasteiger partial charge in [-0.15, -0.1) is 0 Å². The van der Waals surface area contributed by atoms with Crippen LogP contribution >= 0.6 is 0 Å². The van der Waals surface area contributed by atoms with E-state index in [0.717, 1.165) is 22.2 Å². The Morgan fingerprint density at radius 1 is 1.14 bits per heavy atom. The van der Waals surface area contributed by atoms with Gasteiger partial charge in [-0.1, -0.05) is 30.3 Å². The highest BCUT2D eigenvalue weighted by atomic mass is 16.3. The molecule has 1 amide bonds. The molecule has 5 rings (SSSR count). The molecule has 2 N–H and O–H groups in total. The molecule has 2 atom stereocenters. The molecule has 2 aromatic heterocycles. The van der Waals surface area contributed by atoms with Gasteiger partial charge in [0.2, 0.25) is 0 Å². The third-order valence-electron chi connectivity index (χ3n) is 5.30. The van der Waals surface area contributed by atoms with Crippen LogP contribution in [0.5, 0.6) is 0 Å². The number of amides is 1. The molecule has 146 valence electrons. The van der Waals surface area contributed by atoms with Crippen LogP contribution in [0.25, 0.3) is 22.0 Å². The summed E-state index contributed by atoms with van der Waals surface area (Å²) in [4.78, 5) is 23.9. The number of nitrogens with one attached hydrogen (secondary N) is 1. The van der Waals surface area contributed by atoms with Crippen LogP contribution in [0.15, 0.2) is 65.2 Å². The highest BCUT2D eigenvalue weighted by Gasteiger charge is 2.30. The maximum Gasteiger partial charge on any atom is 0.287 e. The van der Waals surface area contributed by atoms with E-state index in [1.165, 1.54) is 0 Å². The molecule has 0 spiro atoms.